The molecule has 108 valence electrons. The van der Waals surface area contributed by atoms with E-state index in [9.17, 15) is 0 Å². The van der Waals surface area contributed by atoms with E-state index >= 15 is 0 Å². The third-order valence-electron chi connectivity index (χ3n) is 3.49. The maximum absolute atomic E-state index is 8.99. The van der Waals surface area contributed by atoms with Gasteiger partial charge in [0.2, 0.25) is 0 Å². The van der Waals surface area contributed by atoms with Crippen molar-refractivity contribution >= 4 is 0 Å². The van der Waals surface area contributed by atoms with Crippen LogP contribution in [0.5, 0.6) is 11.5 Å². The molecular weight excluding hydrogens is 258 g/mol. The first-order valence-corrected chi connectivity index (χ1v) is 7.11. The fourth-order valence-corrected chi connectivity index (χ4v) is 2.27. The molecule has 0 aliphatic rings. The Bertz CT molecular complexity index is 702. The Hall–Kier alpha value is -2.27. The number of hydrogen-bond acceptors (Lipinski definition) is 2. The summed E-state index contributed by atoms with van der Waals surface area (Å²) >= 11 is 0. The molecule has 0 atom stereocenters. The molecule has 0 bridgehead atoms. The molecule has 2 rings (SSSR count). The molecule has 0 spiro atoms. The standard InChI is InChI=1S/C19H21NO/c1-13-6-9-18(17(10-13)19(3,4)5)21-16-8-7-15(12-20)14(2)11-16/h6-11H,1-5H3. The molecule has 2 heteroatoms. The minimum Gasteiger partial charge on any atom is -0.457 e. The molecule has 2 aromatic carbocycles. The second-order valence-electron chi connectivity index (χ2n) is 6.44. The highest BCUT2D eigenvalue weighted by Crippen LogP contribution is 2.35. The van der Waals surface area contributed by atoms with Gasteiger partial charge in [-0.15, -0.1) is 0 Å². The zero-order chi connectivity index (χ0) is 15.6. The molecule has 0 saturated carbocycles. The molecule has 0 amide bonds. The average molecular weight is 279 g/mol. The topological polar surface area (TPSA) is 33.0 Å². The number of nitriles is 1. The van der Waals surface area contributed by atoms with Crippen molar-refractivity contribution < 1.29 is 4.74 Å². The van der Waals surface area contributed by atoms with Gasteiger partial charge in [-0.3, -0.25) is 0 Å². The fourth-order valence-electron chi connectivity index (χ4n) is 2.27. The van der Waals surface area contributed by atoms with Crippen LogP contribution in [0.25, 0.3) is 0 Å². The summed E-state index contributed by atoms with van der Waals surface area (Å²) in [5.41, 5.74) is 4.04. The molecule has 2 nitrogen and oxygen atoms in total. The molecule has 0 aliphatic carbocycles. The molecule has 0 saturated heterocycles. The van der Waals surface area contributed by atoms with E-state index in [2.05, 4.69) is 45.9 Å². The van der Waals surface area contributed by atoms with E-state index in [1.807, 2.05) is 25.1 Å². The van der Waals surface area contributed by atoms with Crippen LogP contribution in [0.3, 0.4) is 0 Å². The van der Waals surface area contributed by atoms with Crippen LogP contribution in [-0.2, 0) is 5.41 Å². The normalized spacial score (nSPS) is 11.0. The second kappa shape index (κ2) is 5.61. The lowest BCUT2D eigenvalue weighted by atomic mass is 9.85. The number of aryl methyl sites for hydroxylation is 2. The van der Waals surface area contributed by atoms with Crippen LogP contribution in [0.2, 0.25) is 0 Å². The van der Waals surface area contributed by atoms with Crippen molar-refractivity contribution in [3.8, 4) is 17.6 Å². The first-order valence-electron chi connectivity index (χ1n) is 7.11. The molecule has 0 aromatic heterocycles. The van der Waals surface area contributed by atoms with Gasteiger partial charge in [-0.25, -0.2) is 0 Å². The first-order chi connectivity index (χ1) is 9.81. The van der Waals surface area contributed by atoms with Crippen molar-refractivity contribution in [1.82, 2.24) is 0 Å². The SMILES string of the molecule is Cc1ccc(Oc2ccc(C#N)c(C)c2)c(C(C)(C)C)c1. The van der Waals surface area contributed by atoms with Crippen LogP contribution in [-0.4, -0.2) is 0 Å². The van der Waals surface area contributed by atoms with E-state index in [0.29, 0.717) is 5.56 Å². The highest BCUT2D eigenvalue weighted by atomic mass is 16.5. The Labute approximate surface area is 127 Å². The predicted octanol–water partition coefficient (Wildman–Crippen LogP) is 5.26. The van der Waals surface area contributed by atoms with Gasteiger partial charge < -0.3 is 4.74 Å². The molecule has 0 heterocycles. The van der Waals surface area contributed by atoms with Crippen LogP contribution in [0, 0.1) is 25.2 Å². The Morgan fingerprint density at radius 3 is 2.29 bits per heavy atom. The number of ether oxygens (including phenoxy) is 1. The quantitative estimate of drug-likeness (QED) is 0.750. The third kappa shape index (κ3) is 3.44. The minimum atomic E-state index is 0.0169. The summed E-state index contributed by atoms with van der Waals surface area (Å²) in [7, 11) is 0. The van der Waals surface area contributed by atoms with Crippen LogP contribution in [0.4, 0.5) is 0 Å². The third-order valence-corrected chi connectivity index (χ3v) is 3.49. The molecule has 0 unspecified atom stereocenters. The Morgan fingerprint density at radius 1 is 1.00 bits per heavy atom. The largest absolute Gasteiger partial charge is 0.457 e. The van der Waals surface area contributed by atoms with Gasteiger partial charge in [0, 0.05) is 5.56 Å². The molecule has 0 fully saturated rings. The summed E-state index contributed by atoms with van der Waals surface area (Å²) in [4.78, 5) is 0. The number of rotatable bonds is 2. The molecule has 0 N–H and O–H groups in total. The molecule has 21 heavy (non-hydrogen) atoms. The predicted molar refractivity (Wildman–Crippen MR) is 85.8 cm³/mol. The zero-order valence-corrected chi connectivity index (χ0v) is 13.3. The first kappa shape index (κ1) is 15.1. The Morgan fingerprint density at radius 2 is 1.71 bits per heavy atom. The van der Waals surface area contributed by atoms with Crippen molar-refractivity contribution in [2.75, 3.05) is 0 Å². The summed E-state index contributed by atoms with van der Waals surface area (Å²) in [5, 5.41) is 8.99. The molecule has 0 aliphatic heterocycles. The van der Waals surface area contributed by atoms with Gasteiger partial charge in [-0.1, -0.05) is 38.5 Å². The lowest BCUT2D eigenvalue weighted by Crippen LogP contribution is -2.12. The highest BCUT2D eigenvalue weighted by Gasteiger charge is 2.19. The summed E-state index contributed by atoms with van der Waals surface area (Å²) in [6.07, 6.45) is 0. The summed E-state index contributed by atoms with van der Waals surface area (Å²) < 4.78 is 6.06. The number of nitrogens with zero attached hydrogens (tertiary/aromatic N) is 1. The Kier molecular flexibility index (Phi) is 4.04. The highest BCUT2D eigenvalue weighted by molar-refractivity contribution is 5.46. The monoisotopic (exact) mass is 279 g/mol. The second-order valence-corrected chi connectivity index (χ2v) is 6.44. The van der Waals surface area contributed by atoms with Crippen LogP contribution in [0.1, 0.15) is 43.0 Å². The van der Waals surface area contributed by atoms with Crippen molar-refractivity contribution in [2.45, 2.75) is 40.0 Å². The van der Waals surface area contributed by atoms with E-state index in [1.54, 1.807) is 6.07 Å². The number of hydrogen-bond donors (Lipinski definition) is 0. The summed E-state index contributed by atoms with van der Waals surface area (Å²) in [6, 6.07) is 14.0. The van der Waals surface area contributed by atoms with Gasteiger partial charge >= 0.3 is 0 Å². The maximum atomic E-state index is 8.99. The lowest BCUT2D eigenvalue weighted by Gasteiger charge is -2.23. The van der Waals surface area contributed by atoms with Crippen molar-refractivity contribution in [2.24, 2.45) is 0 Å². The van der Waals surface area contributed by atoms with Crippen molar-refractivity contribution in [1.29, 1.82) is 5.26 Å². The van der Waals surface area contributed by atoms with Crippen LogP contribution < -0.4 is 4.74 Å². The van der Waals surface area contributed by atoms with Crippen molar-refractivity contribution in [3.63, 3.8) is 0 Å². The smallest absolute Gasteiger partial charge is 0.131 e. The van der Waals surface area contributed by atoms with E-state index in [0.717, 1.165) is 17.1 Å². The fraction of sp³-hybridized carbons (Fsp3) is 0.316. The molecule has 2 aromatic rings. The number of benzene rings is 2. The van der Waals surface area contributed by atoms with Gasteiger partial charge in [0.1, 0.15) is 11.5 Å². The van der Waals surface area contributed by atoms with E-state index in [-0.39, 0.29) is 5.41 Å². The van der Waals surface area contributed by atoms with Crippen molar-refractivity contribution in [3.05, 3.63) is 58.7 Å². The van der Waals surface area contributed by atoms with E-state index in [1.165, 1.54) is 11.1 Å². The molecular formula is C19H21NO. The van der Waals surface area contributed by atoms with Gasteiger partial charge in [-0.2, -0.15) is 5.26 Å². The minimum absolute atomic E-state index is 0.0169. The zero-order valence-electron chi connectivity index (χ0n) is 13.3. The van der Waals surface area contributed by atoms with Gasteiger partial charge in [0.15, 0.2) is 0 Å². The van der Waals surface area contributed by atoms with E-state index in [4.69, 9.17) is 10.00 Å². The summed E-state index contributed by atoms with van der Waals surface area (Å²) in [5.74, 6) is 1.64. The molecule has 0 radical (unpaired) electrons. The van der Waals surface area contributed by atoms with Crippen LogP contribution >= 0.6 is 0 Å². The average Bonchev–Trinajstić information content (AvgIpc) is 2.40. The van der Waals surface area contributed by atoms with Gasteiger partial charge in [-0.05, 0) is 49.1 Å². The summed E-state index contributed by atoms with van der Waals surface area (Å²) in [6.45, 7) is 10.5. The maximum Gasteiger partial charge on any atom is 0.131 e. The lowest BCUT2D eigenvalue weighted by molar-refractivity contribution is 0.455. The van der Waals surface area contributed by atoms with Gasteiger partial charge in [0.05, 0.1) is 11.6 Å². The Balaban J connectivity index is 2.41. The van der Waals surface area contributed by atoms with E-state index < -0.39 is 0 Å². The van der Waals surface area contributed by atoms with Gasteiger partial charge in [0.25, 0.3) is 0 Å². The van der Waals surface area contributed by atoms with Crippen LogP contribution in [0.15, 0.2) is 36.4 Å².